The Morgan fingerprint density at radius 1 is 1.33 bits per heavy atom. The smallest absolute Gasteiger partial charge is 0.387 e. The number of amides is 1. The zero-order chi connectivity index (χ0) is 20.0. The van der Waals surface area contributed by atoms with E-state index in [-0.39, 0.29) is 22.1 Å². The maximum absolute atomic E-state index is 12.5. The number of hydrogen-bond donors (Lipinski definition) is 1. The van der Waals surface area contributed by atoms with Gasteiger partial charge in [0.05, 0.1) is 12.1 Å². The van der Waals surface area contributed by atoms with Gasteiger partial charge < -0.3 is 14.8 Å². The molecule has 1 amide bonds. The molecule has 5 nitrogen and oxygen atoms in total. The van der Waals surface area contributed by atoms with Crippen molar-refractivity contribution in [1.82, 2.24) is 0 Å². The van der Waals surface area contributed by atoms with Crippen LogP contribution < -0.4 is 14.8 Å². The lowest BCUT2D eigenvalue weighted by atomic mass is 10.1. The fourth-order valence-electron chi connectivity index (χ4n) is 2.26. The Morgan fingerprint density at radius 2 is 2.07 bits per heavy atom. The van der Waals surface area contributed by atoms with Crippen molar-refractivity contribution < 1.29 is 23.0 Å². The van der Waals surface area contributed by atoms with Crippen LogP contribution in [0.25, 0.3) is 6.08 Å². The van der Waals surface area contributed by atoms with Crippen LogP contribution in [0.5, 0.6) is 11.5 Å². The molecule has 0 bridgehead atoms. The second-order valence-electron chi connectivity index (χ2n) is 5.41. The van der Waals surface area contributed by atoms with Crippen LogP contribution in [0.1, 0.15) is 11.1 Å². The molecule has 2 aromatic carbocycles. The third kappa shape index (κ3) is 5.43. The van der Waals surface area contributed by atoms with Crippen LogP contribution in [0, 0.1) is 18.3 Å². The van der Waals surface area contributed by atoms with Gasteiger partial charge in [0, 0.05) is 5.69 Å². The highest BCUT2D eigenvalue weighted by atomic mass is 35.5. The average Bonchev–Trinajstić information content (AvgIpc) is 2.61. The molecule has 0 atom stereocenters. The summed E-state index contributed by atoms with van der Waals surface area (Å²) in [6.45, 7) is -1.21. The molecular formula is C19H15ClF2N2O3. The van der Waals surface area contributed by atoms with Crippen LogP contribution in [0.3, 0.4) is 0 Å². The molecule has 27 heavy (non-hydrogen) atoms. The Morgan fingerprint density at radius 3 is 2.67 bits per heavy atom. The van der Waals surface area contributed by atoms with E-state index in [0.717, 1.165) is 5.56 Å². The number of nitrogens with zero attached hydrogens (tertiary/aromatic N) is 1. The first kappa shape index (κ1) is 20.2. The van der Waals surface area contributed by atoms with E-state index < -0.39 is 12.5 Å². The number of rotatable bonds is 6. The molecule has 8 heteroatoms. The minimum atomic E-state index is -3.08. The van der Waals surface area contributed by atoms with E-state index in [0.29, 0.717) is 11.3 Å². The molecule has 2 aromatic rings. The van der Waals surface area contributed by atoms with Crippen molar-refractivity contribution in [3.8, 4) is 17.6 Å². The molecule has 0 fully saturated rings. The number of alkyl halides is 2. The summed E-state index contributed by atoms with van der Waals surface area (Å²) in [4.78, 5) is 12.3. The molecule has 0 heterocycles. The van der Waals surface area contributed by atoms with Gasteiger partial charge >= 0.3 is 6.61 Å². The van der Waals surface area contributed by atoms with Crippen LogP contribution in [0.2, 0.25) is 5.02 Å². The van der Waals surface area contributed by atoms with Gasteiger partial charge in [-0.25, -0.2) is 0 Å². The van der Waals surface area contributed by atoms with Gasteiger partial charge in [0.2, 0.25) is 0 Å². The lowest BCUT2D eigenvalue weighted by molar-refractivity contribution is -0.112. The van der Waals surface area contributed by atoms with Crippen molar-refractivity contribution in [3.63, 3.8) is 0 Å². The van der Waals surface area contributed by atoms with Gasteiger partial charge in [0.15, 0.2) is 11.5 Å². The molecular weight excluding hydrogens is 378 g/mol. The Labute approximate surface area is 159 Å². The van der Waals surface area contributed by atoms with Crippen molar-refractivity contribution >= 4 is 29.3 Å². The second-order valence-corrected chi connectivity index (χ2v) is 5.81. The van der Waals surface area contributed by atoms with Gasteiger partial charge in [-0.05, 0) is 48.4 Å². The molecule has 0 aromatic heterocycles. The quantitative estimate of drug-likeness (QED) is 0.566. The summed E-state index contributed by atoms with van der Waals surface area (Å²) in [5.74, 6) is -0.995. The van der Waals surface area contributed by atoms with Crippen molar-refractivity contribution in [3.05, 3.63) is 58.1 Å². The van der Waals surface area contributed by atoms with Gasteiger partial charge in [-0.3, -0.25) is 4.79 Å². The molecule has 0 aliphatic carbocycles. The molecule has 0 radical (unpaired) electrons. The molecule has 0 saturated carbocycles. The number of carbonyl (C=O) groups excluding carboxylic acids is 1. The molecule has 0 aliphatic heterocycles. The maximum Gasteiger partial charge on any atom is 0.387 e. The minimum Gasteiger partial charge on any atom is -0.493 e. The third-order valence-corrected chi connectivity index (χ3v) is 3.69. The number of methoxy groups -OCH3 is 1. The lowest BCUT2D eigenvalue weighted by Crippen LogP contribution is -2.13. The first-order chi connectivity index (χ1) is 12.8. The highest BCUT2D eigenvalue weighted by molar-refractivity contribution is 6.32. The predicted octanol–water partition coefficient (Wildman–Crippen LogP) is 4.80. The Hall–Kier alpha value is -3.11. The summed E-state index contributed by atoms with van der Waals surface area (Å²) >= 11 is 5.96. The number of anilines is 1. The monoisotopic (exact) mass is 392 g/mol. The first-order valence-corrected chi connectivity index (χ1v) is 8.04. The van der Waals surface area contributed by atoms with Gasteiger partial charge in [-0.1, -0.05) is 23.7 Å². The topological polar surface area (TPSA) is 71.3 Å². The van der Waals surface area contributed by atoms with E-state index in [1.807, 2.05) is 13.0 Å². The number of benzene rings is 2. The van der Waals surface area contributed by atoms with Crippen LogP contribution in [0.4, 0.5) is 14.5 Å². The summed E-state index contributed by atoms with van der Waals surface area (Å²) in [5.41, 5.74) is 1.60. The minimum absolute atomic E-state index is 0.0505. The normalized spacial score (nSPS) is 11.1. The molecule has 0 spiro atoms. The average molecular weight is 393 g/mol. The van der Waals surface area contributed by atoms with Crippen molar-refractivity contribution in [2.24, 2.45) is 0 Å². The fourth-order valence-corrected chi connectivity index (χ4v) is 2.53. The van der Waals surface area contributed by atoms with E-state index >= 15 is 0 Å². The van der Waals surface area contributed by atoms with Crippen LogP contribution >= 0.6 is 11.6 Å². The molecule has 140 valence electrons. The molecule has 0 aliphatic rings. The highest BCUT2D eigenvalue weighted by Crippen LogP contribution is 2.38. The fraction of sp³-hybridized carbons (Fsp3) is 0.158. The van der Waals surface area contributed by atoms with Gasteiger partial charge in [-0.15, -0.1) is 0 Å². The van der Waals surface area contributed by atoms with E-state index in [1.54, 1.807) is 24.3 Å². The standard InChI is InChI=1S/C19H15ClF2N2O3/c1-11-4-3-5-14(6-11)24-18(25)13(10-23)7-12-8-15(20)17(27-19(21)22)16(9-12)26-2/h3-9,19H,1-2H3,(H,24,25)/b13-7+. The van der Waals surface area contributed by atoms with Gasteiger partial charge in [-0.2, -0.15) is 14.0 Å². The number of ether oxygens (including phenoxy) is 2. The third-order valence-electron chi connectivity index (χ3n) is 3.41. The first-order valence-electron chi connectivity index (χ1n) is 7.66. The van der Waals surface area contributed by atoms with Crippen LogP contribution in [-0.2, 0) is 4.79 Å². The van der Waals surface area contributed by atoms with Crippen molar-refractivity contribution in [2.45, 2.75) is 13.5 Å². The highest BCUT2D eigenvalue weighted by Gasteiger charge is 2.17. The van der Waals surface area contributed by atoms with Gasteiger partial charge in [0.1, 0.15) is 11.6 Å². The SMILES string of the molecule is COc1cc(/C=C(\C#N)C(=O)Nc2cccc(C)c2)cc(Cl)c1OC(F)F. The van der Waals surface area contributed by atoms with Crippen LogP contribution in [-0.4, -0.2) is 19.6 Å². The van der Waals surface area contributed by atoms with Gasteiger partial charge in [0.25, 0.3) is 5.91 Å². The molecule has 0 saturated heterocycles. The summed E-state index contributed by atoms with van der Waals surface area (Å²) in [6, 6.07) is 11.5. The maximum atomic E-state index is 12.5. The summed E-state index contributed by atoms with van der Waals surface area (Å²) in [7, 11) is 1.26. The largest absolute Gasteiger partial charge is 0.493 e. The molecule has 1 N–H and O–H groups in total. The zero-order valence-electron chi connectivity index (χ0n) is 14.4. The Kier molecular flexibility index (Phi) is 6.74. The van der Waals surface area contributed by atoms with E-state index in [9.17, 15) is 18.8 Å². The number of nitrogens with one attached hydrogen (secondary N) is 1. The number of nitriles is 1. The lowest BCUT2D eigenvalue weighted by Gasteiger charge is -2.12. The number of hydrogen-bond acceptors (Lipinski definition) is 4. The summed E-state index contributed by atoms with van der Waals surface area (Å²) in [5, 5.41) is 11.8. The summed E-state index contributed by atoms with van der Waals surface area (Å²) in [6.07, 6.45) is 1.27. The zero-order valence-corrected chi connectivity index (χ0v) is 15.2. The van der Waals surface area contributed by atoms with Crippen molar-refractivity contribution in [2.75, 3.05) is 12.4 Å². The predicted molar refractivity (Wildman–Crippen MR) is 98.0 cm³/mol. The molecule has 2 rings (SSSR count). The van der Waals surface area contributed by atoms with Crippen LogP contribution in [0.15, 0.2) is 42.0 Å². The Balaban J connectivity index is 2.32. The second kappa shape index (κ2) is 9.01. The van der Waals surface area contributed by atoms with E-state index in [1.165, 1.54) is 25.3 Å². The number of carbonyl (C=O) groups is 1. The number of halogens is 3. The van der Waals surface area contributed by atoms with Crippen molar-refractivity contribution in [1.29, 1.82) is 5.26 Å². The Bertz CT molecular complexity index is 924. The number of aryl methyl sites for hydroxylation is 1. The molecule has 0 unspecified atom stereocenters. The van der Waals surface area contributed by atoms with E-state index in [4.69, 9.17) is 16.3 Å². The van der Waals surface area contributed by atoms with E-state index in [2.05, 4.69) is 10.1 Å². The summed E-state index contributed by atoms with van der Waals surface area (Å²) < 4.78 is 34.3.